The van der Waals surface area contributed by atoms with Crippen molar-refractivity contribution in [1.82, 2.24) is 10.6 Å². The molecule has 0 saturated heterocycles. The number of hydrogen-bond acceptors (Lipinski definition) is 13. The monoisotopic (exact) mass is 600 g/mol. The zero-order valence-electron chi connectivity index (χ0n) is 21.4. The molecule has 2 aromatic carbocycles. The lowest BCUT2D eigenvalue weighted by Crippen LogP contribution is -2.48. The minimum Gasteiger partial charge on any atom is -0.493 e. The highest BCUT2D eigenvalue weighted by atomic mass is 32.2. The number of nitrogens with one attached hydrogen (secondary N) is 2. The SMILES string of the molecule is COc1cc(C(C)OC(=O)Oc2ccc([N+](=O)[O-])cc2)c([N+](=O)[O-])cc1OCCNC(=O)C(CS(=O)(=O)O)NC=O. The molecule has 2 aromatic rings. The number of carbonyl (C=O) groups excluding carboxylic acids is 3. The van der Waals surface area contributed by atoms with Gasteiger partial charge in [0.1, 0.15) is 30.3 Å². The van der Waals surface area contributed by atoms with Crippen LogP contribution in [0.4, 0.5) is 16.2 Å². The maximum Gasteiger partial charge on any atom is 0.514 e. The summed E-state index contributed by atoms with van der Waals surface area (Å²) in [5.41, 5.74) is -0.854. The van der Waals surface area contributed by atoms with E-state index >= 15 is 0 Å². The standard InChI is InChI=1S/C22H24N4O14S/c1-13(39-22(29)40-15-5-3-14(4-6-15)25(30)31)16-9-19(37-2)20(10-18(16)26(32)33)38-8-7-23-21(28)17(24-12-27)11-41(34,35)36/h3-6,9-10,12-13,17H,7-8,11H2,1-2H3,(H,23,28)(H,24,27)(H,34,35,36). The van der Waals surface area contributed by atoms with Crippen molar-refractivity contribution >= 4 is 40.0 Å². The maximum absolute atomic E-state index is 12.2. The third-order valence-corrected chi connectivity index (χ3v) is 5.85. The number of nitro groups is 2. The molecule has 41 heavy (non-hydrogen) atoms. The molecule has 2 atom stereocenters. The second kappa shape index (κ2) is 14.4. The first-order valence-corrected chi connectivity index (χ1v) is 12.9. The number of non-ortho nitro benzene ring substituents is 1. The zero-order valence-corrected chi connectivity index (χ0v) is 22.2. The van der Waals surface area contributed by atoms with Crippen molar-refractivity contribution < 1.29 is 56.1 Å². The largest absolute Gasteiger partial charge is 0.514 e. The first-order chi connectivity index (χ1) is 19.2. The maximum atomic E-state index is 12.2. The van der Waals surface area contributed by atoms with E-state index in [9.17, 15) is 43.0 Å². The quantitative estimate of drug-likeness (QED) is 0.0495. The number of nitro benzene ring substituents is 2. The molecule has 0 heterocycles. The molecular formula is C22H24N4O14S. The number of carbonyl (C=O) groups is 3. The zero-order chi connectivity index (χ0) is 30.7. The summed E-state index contributed by atoms with van der Waals surface area (Å²) in [5, 5.41) is 26.7. The smallest absolute Gasteiger partial charge is 0.493 e. The van der Waals surface area contributed by atoms with E-state index in [-0.39, 0.29) is 48.1 Å². The Bertz CT molecular complexity index is 1400. The Morgan fingerprint density at radius 2 is 1.76 bits per heavy atom. The molecule has 2 amide bonds. The summed E-state index contributed by atoms with van der Waals surface area (Å²) in [6.45, 7) is 0.797. The van der Waals surface area contributed by atoms with Crippen LogP contribution in [0.3, 0.4) is 0 Å². The summed E-state index contributed by atoms with van der Waals surface area (Å²) in [7, 11) is -3.35. The van der Waals surface area contributed by atoms with Crippen molar-refractivity contribution in [3.05, 3.63) is 62.2 Å². The number of hydrogen-bond donors (Lipinski definition) is 3. The molecule has 2 unspecified atom stereocenters. The molecule has 0 aliphatic heterocycles. The van der Waals surface area contributed by atoms with Crippen LogP contribution in [0.1, 0.15) is 18.6 Å². The lowest BCUT2D eigenvalue weighted by molar-refractivity contribution is -0.386. The van der Waals surface area contributed by atoms with Crippen LogP contribution in [0.25, 0.3) is 0 Å². The molecular weight excluding hydrogens is 576 g/mol. The molecule has 0 aliphatic rings. The second-order valence-corrected chi connectivity index (χ2v) is 9.40. The van der Waals surface area contributed by atoms with Crippen molar-refractivity contribution in [2.24, 2.45) is 0 Å². The molecule has 0 radical (unpaired) electrons. The third kappa shape index (κ3) is 9.89. The molecule has 3 N–H and O–H groups in total. The number of benzene rings is 2. The summed E-state index contributed by atoms with van der Waals surface area (Å²) in [4.78, 5) is 56.0. The average Bonchev–Trinajstić information content (AvgIpc) is 2.89. The van der Waals surface area contributed by atoms with Gasteiger partial charge in [-0.3, -0.25) is 34.4 Å². The van der Waals surface area contributed by atoms with Crippen LogP contribution < -0.4 is 24.8 Å². The molecule has 19 heteroatoms. The number of amides is 2. The van der Waals surface area contributed by atoms with Gasteiger partial charge in [-0.05, 0) is 25.1 Å². The van der Waals surface area contributed by atoms with E-state index in [1.54, 1.807) is 0 Å². The van der Waals surface area contributed by atoms with Crippen LogP contribution in [0.2, 0.25) is 0 Å². The van der Waals surface area contributed by atoms with Gasteiger partial charge < -0.3 is 29.6 Å². The third-order valence-electron chi connectivity index (χ3n) is 5.09. The average molecular weight is 601 g/mol. The fraction of sp³-hybridized carbons (Fsp3) is 0.318. The highest BCUT2D eigenvalue weighted by molar-refractivity contribution is 7.85. The Morgan fingerprint density at radius 3 is 2.29 bits per heavy atom. The molecule has 0 spiro atoms. The number of methoxy groups -OCH3 is 1. The minimum atomic E-state index is -4.58. The van der Waals surface area contributed by atoms with E-state index in [4.69, 9.17) is 23.5 Å². The summed E-state index contributed by atoms with van der Waals surface area (Å²) in [6, 6.07) is 5.14. The molecule has 0 saturated carbocycles. The van der Waals surface area contributed by atoms with Crippen LogP contribution in [-0.4, -0.2) is 73.3 Å². The van der Waals surface area contributed by atoms with Crippen molar-refractivity contribution in [1.29, 1.82) is 0 Å². The van der Waals surface area contributed by atoms with Crippen LogP contribution in [-0.2, 0) is 24.4 Å². The van der Waals surface area contributed by atoms with Gasteiger partial charge in [0.25, 0.3) is 21.5 Å². The van der Waals surface area contributed by atoms with E-state index in [1.165, 1.54) is 20.1 Å². The lowest BCUT2D eigenvalue weighted by Gasteiger charge is -2.17. The minimum absolute atomic E-state index is 0.0111. The predicted molar refractivity (Wildman–Crippen MR) is 136 cm³/mol. The van der Waals surface area contributed by atoms with E-state index < -0.39 is 55.6 Å². The van der Waals surface area contributed by atoms with Crippen molar-refractivity contribution in [2.45, 2.75) is 19.1 Å². The fourth-order valence-corrected chi connectivity index (χ4v) is 3.90. The highest BCUT2D eigenvalue weighted by Gasteiger charge is 2.27. The first kappa shape index (κ1) is 32.2. The molecule has 0 fully saturated rings. The molecule has 0 bridgehead atoms. The summed E-state index contributed by atoms with van der Waals surface area (Å²) >= 11 is 0. The fourth-order valence-electron chi connectivity index (χ4n) is 3.24. The summed E-state index contributed by atoms with van der Waals surface area (Å²) in [6.07, 6.45) is -2.39. The first-order valence-electron chi connectivity index (χ1n) is 11.3. The van der Waals surface area contributed by atoms with Gasteiger partial charge in [-0.1, -0.05) is 0 Å². The van der Waals surface area contributed by atoms with E-state index in [2.05, 4.69) is 5.32 Å². The number of nitrogens with zero attached hydrogens (tertiary/aromatic N) is 2. The normalized spacial score (nSPS) is 12.3. The van der Waals surface area contributed by atoms with Gasteiger partial charge in [0.05, 0.1) is 35.1 Å². The van der Waals surface area contributed by atoms with E-state index in [1.807, 2.05) is 5.32 Å². The van der Waals surface area contributed by atoms with Gasteiger partial charge in [-0.15, -0.1) is 0 Å². The van der Waals surface area contributed by atoms with Crippen LogP contribution >= 0.6 is 0 Å². The van der Waals surface area contributed by atoms with Crippen LogP contribution in [0, 0.1) is 20.2 Å². The molecule has 0 aromatic heterocycles. The van der Waals surface area contributed by atoms with Crippen molar-refractivity contribution in [3.63, 3.8) is 0 Å². The molecule has 18 nitrogen and oxygen atoms in total. The van der Waals surface area contributed by atoms with Crippen molar-refractivity contribution in [2.75, 3.05) is 26.0 Å². The highest BCUT2D eigenvalue weighted by Crippen LogP contribution is 2.38. The van der Waals surface area contributed by atoms with Gasteiger partial charge in [-0.2, -0.15) is 8.42 Å². The Kier molecular flexibility index (Phi) is 11.3. The van der Waals surface area contributed by atoms with Gasteiger partial charge in [-0.25, -0.2) is 4.79 Å². The number of ether oxygens (including phenoxy) is 4. The molecule has 2 rings (SSSR count). The van der Waals surface area contributed by atoms with Gasteiger partial charge in [0, 0.05) is 12.1 Å². The van der Waals surface area contributed by atoms with E-state index in [0.29, 0.717) is 0 Å². The Labute approximate surface area is 231 Å². The van der Waals surface area contributed by atoms with Gasteiger partial charge >= 0.3 is 6.16 Å². The Hall–Kier alpha value is -5.04. The van der Waals surface area contributed by atoms with Crippen LogP contribution in [0.15, 0.2) is 36.4 Å². The van der Waals surface area contributed by atoms with Crippen LogP contribution in [0.5, 0.6) is 17.2 Å². The summed E-state index contributed by atoms with van der Waals surface area (Å²) in [5.74, 6) is -2.22. The summed E-state index contributed by atoms with van der Waals surface area (Å²) < 4.78 is 51.6. The molecule has 222 valence electrons. The Morgan fingerprint density at radius 1 is 1.10 bits per heavy atom. The predicted octanol–water partition coefficient (Wildman–Crippen LogP) is 1.29. The second-order valence-electron chi connectivity index (χ2n) is 7.91. The molecule has 0 aliphatic carbocycles. The lowest BCUT2D eigenvalue weighted by atomic mass is 10.1. The topological polar surface area (TPSA) is 253 Å². The van der Waals surface area contributed by atoms with Crippen molar-refractivity contribution in [3.8, 4) is 17.2 Å². The van der Waals surface area contributed by atoms with Gasteiger partial charge in [0.15, 0.2) is 11.5 Å². The van der Waals surface area contributed by atoms with E-state index in [0.717, 1.165) is 30.3 Å². The van der Waals surface area contributed by atoms with Gasteiger partial charge in [0.2, 0.25) is 12.3 Å². The number of rotatable bonds is 15. The Balaban J connectivity index is 2.09.